The number of nitrogens with one attached hydrogen (secondary N) is 1. The molecule has 1 aromatic heterocycles. The molecule has 0 bridgehead atoms. The number of fused-ring (bicyclic) bond motifs is 1. The summed E-state index contributed by atoms with van der Waals surface area (Å²) < 4.78 is 11.4. The molecule has 1 unspecified atom stereocenters. The van der Waals surface area contributed by atoms with Gasteiger partial charge in [-0.3, -0.25) is 5.10 Å². The number of aromatic nitrogens is 3. The average molecular weight is 249 g/mol. The van der Waals surface area contributed by atoms with E-state index in [-0.39, 0.29) is 6.10 Å². The van der Waals surface area contributed by atoms with Crippen LogP contribution in [0.3, 0.4) is 0 Å². The highest BCUT2D eigenvalue weighted by Gasteiger charge is 2.25. The first-order chi connectivity index (χ1) is 8.36. The van der Waals surface area contributed by atoms with Crippen molar-refractivity contribution in [1.82, 2.24) is 15.2 Å². The highest BCUT2D eigenvalue weighted by molar-refractivity contribution is 7.98. The van der Waals surface area contributed by atoms with Gasteiger partial charge in [-0.1, -0.05) is 23.9 Å². The van der Waals surface area contributed by atoms with Crippen LogP contribution in [0.15, 0.2) is 29.4 Å². The minimum absolute atomic E-state index is 0.224. The second-order valence-corrected chi connectivity index (χ2v) is 4.34. The molecule has 3 rings (SSSR count). The van der Waals surface area contributed by atoms with Crippen molar-refractivity contribution in [3.63, 3.8) is 0 Å². The van der Waals surface area contributed by atoms with Gasteiger partial charge < -0.3 is 9.47 Å². The van der Waals surface area contributed by atoms with E-state index in [9.17, 15) is 0 Å². The van der Waals surface area contributed by atoms with Crippen LogP contribution in [0, 0.1) is 0 Å². The lowest BCUT2D eigenvalue weighted by Crippen LogP contribution is -2.22. The third-order valence-corrected chi connectivity index (χ3v) is 3.03. The Labute approximate surface area is 103 Å². The zero-order chi connectivity index (χ0) is 11.7. The lowest BCUT2D eigenvalue weighted by molar-refractivity contribution is 0.0852. The van der Waals surface area contributed by atoms with E-state index in [2.05, 4.69) is 15.2 Å². The van der Waals surface area contributed by atoms with Gasteiger partial charge in [-0.25, -0.2) is 4.98 Å². The molecular formula is C11H11N3O2S. The Hall–Kier alpha value is -1.69. The summed E-state index contributed by atoms with van der Waals surface area (Å²) in [6, 6.07) is 7.60. The van der Waals surface area contributed by atoms with Gasteiger partial charge in [0, 0.05) is 0 Å². The van der Waals surface area contributed by atoms with Crippen molar-refractivity contribution in [3.8, 4) is 11.5 Å². The van der Waals surface area contributed by atoms with Crippen molar-refractivity contribution in [1.29, 1.82) is 0 Å². The number of hydrogen-bond acceptors (Lipinski definition) is 5. The standard InChI is InChI=1S/C11H11N3O2S/c1-17-11-12-10(13-14-11)9-6-15-7-4-2-3-5-8(7)16-9/h2-5,9H,6H2,1H3,(H,12,13,14). The predicted molar refractivity (Wildman–Crippen MR) is 63.5 cm³/mol. The van der Waals surface area contributed by atoms with Crippen LogP contribution in [-0.4, -0.2) is 28.0 Å². The van der Waals surface area contributed by atoms with Crippen molar-refractivity contribution in [2.75, 3.05) is 12.9 Å². The zero-order valence-corrected chi connectivity index (χ0v) is 10.0. The van der Waals surface area contributed by atoms with Crippen LogP contribution in [0.2, 0.25) is 0 Å². The van der Waals surface area contributed by atoms with Crippen LogP contribution in [-0.2, 0) is 0 Å². The maximum absolute atomic E-state index is 5.81. The van der Waals surface area contributed by atoms with Crippen LogP contribution in [0.25, 0.3) is 0 Å². The smallest absolute Gasteiger partial charge is 0.208 e. The summed E-state index contributed by atoms with van der Waals surface area (Å²) >= 11 is 1.49. The van der Waals surface area contributed by atoms with Gasteiger partial charge >= 0.3 is 0 Å². The van der Waals surface area contributed by atoms with Gasteiger partial charge in [0.15, 0.2) is 23.4 Å². The molecule has 5 nitrogen and oxygen atoms in total. The van der Waals surface area contributed by atoms with Crippen LogP contribution in [0.5, 0.6) is 11.5 Å². The Bertz CT molecular complexity index is 529. The molecular weight excluding hydrogens is 238 g/mol. The lowest BCUT2D eigenvalue weighted by atomic mass is 10.2. The molecule has 0 fully saturated rings. The number of hydrogen-bond donors (Lipinski definition) is 1. The number of aromatic amines is 1. The molecule has 1 aliphatic rings. The predicted octanol–water partition coefficient (Wildman–Crippen LogP) is 2.04. The van der Waals surface area contributed by atoms with Gasteiger partial charge in [0.25, 0.3) is 0 Å². The van der Waals surface area contributed by atoms with Crippen LogP contribution in [0.1, 0.15) is 11.9 Å². The van der Waals surface area contributed by atoms with E-state index in [1.807, 2.05) is 30.5 Å². The summed E-state index contributed by atoms with van der Waals surface area (Å²) in [5, 5.41) is 7.64. The van der Waals surface area contributed by atoms with E-state index >= 15 is 0 Å². The van der Waals surface area contributed by atoms with Crippen LogP contribution >= 0.6 is 11.8 Å². The van der Waals surface area contributed by atoms with E-state index in [1.165, 1.54) is 11.8 Å². The number of H-pyrrole nitrogens is 1. The third kappa shape index (κ3) is 1.95. The second-order valence-electron chi connectivity index (χ2n) is 3.57. The molecule has 17 heavy (non-hydrogen) atoms. The molecule has 1 aliphatic heterocycles. The molecule has 0 aliphatic carbocycles. The summed E-state index contributed by atoms with van der Waals surface area (Å²) in [5.41, 5.74) is 0. The Morgan fingerprint density at radius 2 is 2.18 bits per heavy atom. The Balaban J connectivity index is 1.84. The number of rotatable bonds is 2. The normalized spacial score (nSPS) is 18.1. The first-order valence-electron chi connectivity index (χ1n) is 5.21. The third-order valence-electron chi connectivity index (χ3n) is 2.48. The monoisotopic (exact) mass is 249 g/mol. The lowest BCUT2D eigenvalue weighted by Gasteiger charge is -2.24. The van der Waals surface area contributed by atoms with Crippen molar-refractivity contribution in [2.45, 2.75) is 11.3 Å². The Kier molecular flexibility index (Phi) is 2.64. The van der Waals surface area contributed by atoms with Crippen molar-refractivity contribution >= 4 is 11.8 Å². The van der Waals surface area contributed by atoms with Gasteiger partial charge in [0.2, 0.25) is 5.16 Å². The first-order valence-corrected chi connectivity index (χ1v) is 6.44. The fraction of sp³-hybridized carbons (Fsp3) is 0.273. The fourth-order valence-electron chi connectivity index (χ4n) is 1.65. The molecule has 0 amide bonds. The second kappa shape index (κ2) is 4.29. The number of thioether (sulfide) groups is 1. The minimum atomic E-state index is -0.224. The fourth-order valence-corrected chi connectivity index (χ4v) is 1.97. The van der Waals surface area contributed by atoms with Crippen LogP contribution < -0.4 is 9.47 Å². The van der Waals surface area contributed by atoms with Gasteiger partial charge in [0.05, 0.1) is 0 Å². The molecule has 1 N–H and O–H groups in total. The van der Waals surface area contributed by atoms with Crippen molar-refractivity contribution in [3.05, 3.63) is 30.1 Å². The average Bonchev–Trinajstić information content (AvgIpc) is 2.87. The molecule has 1 atom stereocenters. The molecule has 0 spiro atoms. The maximum atomic E-state index is 5.81. The van der Waals surface area contributed by atoms with Gasteiger partial charge in [0.1, 0.15) is 6.61 Å². The number of para-hydroxylation sites is 2. The maximum Gasteiger partial charge on any atom is 0.208 e. The van der Waals surface area contributed by atoms with E-state index in [1.54, 1.807) is 0 Å². The molecule has 2 heterocycles. The number of ether oxygens (including phenoxy) is 2. The molecule has 0 saturated carbocycles. The first kappa shape index (κ1) is 10.5. The molecule has 1 aromatic carbocycles. The summed E-state index contributed by atoms with van der Waals surface area (Å²) in [6.07, 6.45) is 1.71. The minimum Gasteiger partial charge on any atom is -0.485 e. The Morgan fingerprint density at radius 1 is 1.35 bits per heavy atom. The SMILES string of the molecule is CSc1n[nH]c(C2COc3ccccc3O2)n1. The summed E-state index contributed by atoms with van der Waals surface area (Å²) in [5.74, 6) is 2.21. The van der Waals surface area contributed by atoms with Crippen LogP contribution in [0.4, 0.5) is 0 Å². The topological polar surface area (TPSA) is 60.0 Å². The summed E-state index contributed by atoms with van der Waals surface area (Å²) in [4.78, 5) is 4.32. The number of nitrogens with zero attached hydrogens (tertiary/aromatic N) is 2. The molecule has 2 aromatic rings. The number of benzene rings is 1. The van der Waals surface area contributed by atoms with Crippen molar-refractivity contribution in [2.24, 2.45) is 0 Å². The molecule has 0 saturated heterocycles. The van der Waals surface area contributed by atoms with E-state index in [0.29, 0.717) is 17.6 Å². The highest BCUT2D eigenvalue weighted by Crippen LogP contribution is 2.35. The van der Waals surface area contributed by atoms with E-state index in [0.717, 1.165) is 11.5 Å². The largest absolute Gasteiger partial charge is 0.485 e. The molecule has 0 radical (unpaired) electrons. The van der Waals surface area contributed by atoms with E-state index < -0.39 is 0 Å². The quantitative estimate of drug-likeness (QED) is 0.825. The molecule has 6 heteroatoms. The van der Waals surface area contributed by atoms with Crippen molar-refractivity contribution < 1.29 is 9.47 Å². The van der Waals surface area contributed by atoms with Gasteiger partial charge in [-0.2, -0.15) is 0 Å². The van der Waals surface area contributed by atoms with Gasteiger partial charge in [-0.05, 0) is 18.4 Å². The van der Waals surface area contributed by atoms with Gasteiger partial charge in [-0.15, -0.1) is 5.10 Å². The zero-order valence-electron chi connectivity index (χ0n) is 9.21. The molecule has 88 valence electrons. The summed E-state index contributed by atoms with van der Waals surface area (Å²) in [6.45, 7) is 0.444. The van der Waals surface area contributed by atoms with E-state index in [4.69, 9.17) is 9.47 Å². The summed E-state index contributed by atoms with van der Waals surface area (Å²) in [7, 11) is 0. The highest BCUT2D eigenvalue weighted by atomic mass is 32.2. The Morgan fingerprint density at radius 3 is 2.94 bits per heavy atom.